The zero-order valence-electron chi connectivity index (χ0n) is 20.5. The smallest absolute Gasteiger partial charge is 0.338 e. The number of ether oxygens (including phenoxy) is 1. The maximum atomic E-state index is 13.0. The molecule has 0 fully saturated rings. The first-order chi connectivity index (χ1) is 16.9. The minimum Gasteiger partial charge on any atom is -0.466 e. The van der Waals surface area contributed by atoms with Crippen LogP contribution in [-0.4, -0.2) is 40.6 Å². The molecule has 2 aromatic rings. The Morgan fingerprint density at radius 2 is 2.03 bits per heavy atom. The molecule has 2 aliphatic heterocycles. The number of allylic oxidation sites excluding steroid dienone is 1. The number of amidine groups is 1. The van der Waals surface area contributed by atoms with Gasteiger partial charge in [0.15, 0.2) is 5.17 Å². The third-order valence-corrected chi connectivity index (χ3v) is 7.02. The lowest BCUT2D eigenvalue weighted by atomic mass is 9.89. The van der Waals surface area contributed by atoms with E-state index in [9.17, 15) is 9.59 Å². The molecule has 0 radical (unpaired) electrons. The fourth-order valence-electron chi connectivity index (χ4n) is 4.36. The molecule has 0 aliphatic carbocycles. The van der Waals surface area contributed by atoms with Crippen molar-refractivity contribution in [2.24, 2.45) is 4.99 Å². The van der Waals surface area contributed by atoms with Crippen LogP contribution in [0.5, 0.6) is 0 Å². The van der Waals surface area contributed by atoms with Gasteiger partial charge in [0, 0.05) is 30.6 Å². The van der Waals surface area contributed by atoms with Gasteiger partial charge in [-0.3, -0.25) is 9.78 Å². The number of aryl methyl sites for hydroxylation is 2. The molecule has 182 valence electrons. The number of aliphatic imine (C=N–C) groups is 1. The van der Waals surface area contributed by atoms with Crippen molar-refractivity contribution in [3.8, 4) is 0 Å². The number of nitrogens with one attached hydrogen (secondary N) is 1. The second kappa shape index (κ2) is 10.9. The van der Waals surface area contributed by atoms with E-state index in [4.69, 9.17) is 9.73 Å². The third kappa shape index (κ3) is 5.32. The summed E-state index contributed by atoms with van der Waals surface area (Å²) in [5.41, 5.74) is 6.16. The topological polar surface area (TPSA) is 83.9 Å². The van der Waals surface area contributed by atoms with Crippen LogP contribution in [0.25, 0.3) is 0 Å². The molecule has 7 nitrogen and oxygen atoms in total. The van der Waals surface area contributed by atoms with Crippen LogP contribution in [0.3, 0.4) is 0 Å². The van der Waals surface area contributed by atoms with Gasteiger partial charge in [-0.05, 0) is 48.9 Å². The highest BCUT2D eigenvalue weighted by atomic mass is 32.2. The molecule has 1 amide bonds. The largest absolute Gasteiger partial charge is 0.466 e. The first kappa shape index (κ1) is 24.7. The summed E-state index contributed by atoms with van der Waals surface area (Å²) in [4.78, 5) is 37.0. The summed E-state index contributed by atoms with van der Waals surface area (Å²) >= 11 is 1.48. The summed E-state index contributed by atoms with van der Waals surface area (Å²) in [7, 11) is 1.40. The Balaban J connectivity index is 1.61. The van der Waals surface area contributed by atoms with Crippen LogP contribution in [0.2, 0.25) is 0 Å². The number of pyridine rings is 1. The molecule has 1 aromatic heterocycles. The highest BCUT2D eigenvalue weighted by Gasteiger charge is 2.42. The molecular formula is C27H30N4O3S. The van der Waals surface area contributed by atoms with Gasteiger partial charge < -0.3 is 15.0 Å². The first-order valence-electron chi connectivity index (χ1n) is 11.7. The second-order valence-corrected chi connectivity index (χ2v) is 9.39. The van der Waals surface area contributed by atoms with Gasteiger partial charge >= 0.3 is 5.97 Å². The van der Waals surface area contributed by atoms with E-state index in [2.05, 4.69) is 28.5 Å². The van der Waals surface area contributed by atoms with E-state index in [1.165, 1.54) is 18.9 Å². The maximum absolute atomic E-state index is 13.0. The summed E-state index contributed by atoms with van der Waals surface area (Å²) in [5.74, 6) is -0.481. The molecule has 0 unspecified atom stereocenters. The molecule has 0 saturated heterocycles. The Labute approximate surface area is 210 Å². The van der Waals surface area contributed by atoms with E-state index in [1.54, 1.807) is 6.20 Å². The predicted octanol–water partition coefficient (Wildman–Crippen LogP) is 4.59. The number of hydrogen-bond donors (Lipinski definition) is 1. The quantitative estimate of drug-likeness (QED) is 0.545. The Hall–Kier alpha value is -3.39. The van der Waals surface area contributed by atoms with Crippen molar-refractivity contribution in [2.45, 2.75) is 46.1 Å². The fraction of sp³-hybridized carbons (Fsp3) is 0.333. The van der Waals surface area contributed by atoms with E-state index >= 15 is 0 Å². The zero-order chi connectivity index (χ0) is 24.9. The Kier molecular flexibility index (Phi) is 7.70. The van der Waals surface area contributed by atoms with Crippen molar-refractivity contribution in [3.05, 3.63) is 87.4 Å². The highest BCUT2D eigenvalue weighted by molar-refractivity contribution is 8.16. The van der Waals surface area contributed by atoms with Crippen molar-refractivity contribution in [1.82, 2.24) is 15.2 Å². The third-order valence-electron chi connectivity index (χ3n) is 6.13. The summed E-state index contributed by atoms with van der Waals surface area (Å²) in [5, 5.41) is 5.73. The molecule has 35 heavy (non-hydrogen) atoms. The summed E-state index contributed by atoms with van der Waals surface area (Å²) in [6.45, 7) is 6.57. The van der Waals surface area contributed by atoms with Crippen LogP contribution in [0.4, 0.5) is 0 Å². The molecule has 3 heterocycles. The number of carbonyl (C=O) groups excluding carboxylic acids is 2. The minimum atomic E-state index is -0.410. The first-order valence-corrected chi connectivity index (χ1v) is 12.6. The van der Waals surface area contributed by atoms with Gasteiger partial charge in [0.2, 0.25) is 5.91 Å². The normalized spacial score (nSPS) is 17.0. The van der Waals surface area contributed by atoms with Gasteiger partial charge in [-0.15, -0.1) is 0 Å². The number of amides is 1. The van der Waals surface area contributed by atoms with E-state index < -0.39 is 12.0 Å². The lowest BCUT2D eigenvalue weighted by Crippen LogP contribution is -2.38. The van der Waals surface area contributed by atoms with Gasteiger partial charge in [-0.1, -0.05) is 48.5 Å². The van der Waals surface area contributed by atoms with E-state index in [1.807, 2.05) is 49.3 Å². The van der Waals surface area contributed by atoms with Crippen molar-refractivity contribution in [3.63, 3.8) is 0 Å². The standard InChI is InChI=1S/C27H30N4O3S/c1-5-22-24(26(33)34-4)25(21-14-17(2)9-10-18(21)3)31-20(16-35-27(31)30-22)15-23(32)29-13-11-19-8-6-7-12-28-19/h6-10,12,14,16,25H,5,11,13,15H2,1-4H3,(H,29,32)/t25-/m1/s1. The predicted molar refractivity (Wildman–Crippen MR) is 139 cm³/mol. The number of esters is 1. The molecule has 1 N–H and O–H groups in total. The molecule has 1 atom stereocenters. The summed E-state index contributed by atoms with van der Waals surface area (Å²) in [6.07, 6.45) is 3.20. The Bertz CT molecular complexity index is 1220. The SMILES string of the molecule is CCC1=C(C(=O)OC)[C@@H](c2cc(C)ccc2C)N2C(CC(=O)NCCc3ccccn3)=CSC2=N1. The number of hydrogen-bond acceptors (Lipinski definition) is 7. The number of thioether (sulfide) groups is 1. The molecule has 0 bridgehead atoms. The van der Waals surface area contributed by atoms with Gasteiger partial charge in [-0.25, -0.2) is 9.79 Å². The number of nitrogens with zero attached hydrogens (tertiary/aromatic N) is 3. The van der Waals surface area contributed by atoms with Crippen molar-refractivity contribution in [2.75, 3.05) is 13.7 Å². The fourth-order valence-corrected chi connectivity index (χ4v) is 5.30. The minimum absolute atomic E-state index is 0.0846. The molecule has 8 heteroatoms. The van der Waals surface area contributed by atoms with Crippen LogP contribution in [0.15, 0.2) is 70.0 Å². The Morgan fingerprint density at radius 3 is 2.74 bits per heavy atom. The number of fused-ring (bicyclic) bond motifs is 1. The van der Waals surface area contributed by atoms with Crippen molar-refractivity contribution in [1.29, 1.82) is 0 Å². The van der Waals surface area contributed by atoms with Crippen LogP contribution in [0.1, 0.15) is 48.2 Å². The highest BCUT2D eigenvalue weighted by Crippen LogP contribution is 2.46. The second-order valence-electron chi connectivity index (χ2n) is 8.56. The lowest BCUT2D eigenvalue weighted by Gasteiger charge is -2.37. The van der Waals surface area contributed by atoms with Gasteiger partial charge in [0.1, 0.15) is 0 Å². The van der Waals surface area contributed by atoms with Gasteiger partial charge in [0.25, 0.3) is 0 Å². The Morgan fingerprint density at radius 1 is 1.20 bits per heavy atom. The lowest BCUT2D eigenvalue weighted by molar-refractivity contribution is -0.136. The van der Waals surface area contributed by atoms with E-state index in [-0.39, 0.29) is 12.3 Å². The van der Waals surface area contributed by atoms with Crippen LogP contribution < -0.4 is 5.32 Å². The molecule has 0 saturated carbocycles. The number of carbonyl (C=O) groups is 2. The van der Waals surface area contributed by atoms with E-state index in [0.29, 0.717) is 25.0 Å². The zero-order valence-corrected chi connectivity index (χ0v) is 21.3. The number of aromatic nitrogens is 1. The van der Waals surface area contributed by atoms with Gasteiger partial charge in [-0.2, -0.15) is 0 Å². The number of rotatable bonds is 8. The summed E-state index contributed by atoms with van der Waals surface area (Å²) in [6, 6.07) is 11.6. The number of methoxy groups -OCH3 is 1. The van der Waals surface area contributed by atoms with Crippen molar-refractivity contribution >= 4 is 28.8 Å². The summed E-state index contributed by atoms with van der Waals surface area (Å²) < 4.78 is 5.20. The average molecular weight is 491 g/mol. The monoisotopic (exact) mass is 490 g/mol. The molecular weight excluding hydrogens is 460 g/mol. The molecule has 4 rings (SSSR count). The number of benzene rings is 1. The van der Waals surface area contributed by atoms with E-state index in [0.717, 1.165) is 38.9 Å². The molecule has 1 aromatic carbocycles. The molecule has 2 aliphatic rings. The maximum Gasteiger partial charge on any atom is 0.338 e. The molecule has 0 spiro atoms. The van der Waals surface area contributed by atoms with Gasteiger partial charge in [0.05, 0.1) is 30.8 Å². The van der Waals surface area contributed by atoms with Crippen LogP contribution in [0, 0.1) is 13.8 Å². The van der Waals surface area contributed by atoms with Crippen LogP contribution in [-0.2, 0) is 20.7 Å². The average Bonchev–Trinajstić information content (AvgIpc) is 3.26. The van der Waals surface area contributed by atoms with Crippen molar-refractivity contribution < 1.29 is 14.3 Å². The van der Waals surface area contributed by atoms with Crippen LogP contribution >= 0.6 is 11.8 Å².